The summed E-state index contributed by atoms with van der Waals surface area (Å²) in [6, 6.07) is 0. The van der Waals surface area contributed by atoms with Crippen LogP contribution >= 0.6 is 0 Å². The SMILES string of the molecule is C=C1CC23CC1(OC1OC(CO)C(O)C(O)C1O)CCC2C12CCC(O)C(C)(C(=O)O1)C2C3C(=O)O. The van der Waals surface area contributed by atoms with E-state index in [1.165, 1.54) is 0 Å². The van der Waals surface area contributed by atoms with E-state index >= 15 is 0 Å². The van der Waals surface area contributed by atoms with Crippen LogP contribution in [0.2, 0.25) is 0 Å². The number of esters is 1. The van der Waals surface area contributed by atoms with Gasteiger partial charge in [-0.15, -0.1) is 0 Å². The minimum absolute atomic E-state index is 0.247. The summed E-state index contributed by atoms with van der Waals surface area (Å²) in [4.78, 5) is 26.0. The van der Waals surface area contributed by atoms with Crippen molar-refractivity contribution in [1.82, 2.24) is 0 Å². The van der Waals surface area contributed by atoms with Crippen LogP contribution in [0.1, 0.15) is 45.4 Å². The molecule has 4 saturated carbocycles. The fraction of sp³-hybridized carbons (Fsp3) is 0.840. The van der Waals surface area contributed by atoms with Crippen LogP contribution < -0.4 is 0 Å². The molecular formula is C25H34O11. The zero-order valence-corrected chi connectivity index (χ0v) is 20.1. The van der Waals surface area contributed by atoms with E-state index in [-0.39, 0.29) is 12.3 Å². The highest BCUT2D eigenvalue weighted by Gasteiger charge is 2.84. The van der Waals surface area contributed by atoms with E-state index in [0.29, 0.717) is 37.7 Å². The van der Waals surface area contributed by atoms with Crippen LogP contribution in [0.4, 0.5) is 0 Å². The molecule has 4 aliphatic carbocycles. The Bertz CT molecular complexity index is 1010. The third-order valence-electron chi connectivity index (χ3n) is 10.7. The Morgan fingerprint density at radius 2 is 1.86 bits per heavy atom. The third kappa shape index (κ3) is 2.67. The highest BCUT2D eigenvalue weighted by atomic mass is 16.7. The second kappa shape index (κ2) is 7.49. The Labute approximate surface area is 207 Å². The molecule has 4 bridgehead atoms. The van der Waals surface area contributed by atoms with Crippen LogP contribution in [0.25, 0.3) is 0 Å². The summed E-state index contributed by atoms with van der Waals surface area (Å²) in [6.45, 7) is 5.26. The molecule has 36 heavy (non-hydrogen) atoms. The summed E-state index contributed by atoms with van der Waals surface area (Å²) in [7, 11) is 0. The molecule has 2 aliphatic heterocycles. The van der Waals surface area contributed by atoms with Gasteiger partial charge in [-0.1, -0.05) is 6.58 Å². The Morgan fingerprint density at radius 3 is 2.53 bits per heavy atom. The molecule has 6 N–H and O–H groups in total. The highest BCUT2D eigenvalue weighted by molar-refractivity contribution is 5.85. The Balaban J connectivity index is 1.39. The largest absolute Gasteiger partial charge is 0.481 e. The van der Waals surface area contributed by atoms with Crippen molar-refractivity contribution in [2.24, 2.45) is 28.6 Å². The Kier molecular flexibility index (Phi) is 5.15. The summed E-state index contributed by atoms with van der Waals surface area (Å²) >= 11 is 0. The topological polar surface area (TPSA) is 183 Å². The lowest BCUT2D eigenvalue weighted by Crippen LogP contribution is -2.61. The molecule has 2 saturated heterocycles. The van der Waals surface area contributed by atoms with Crippen LogP contribution in [0, 0.1) is 28.6 Å². The molecule has 2 heterocycles. The maximum atomic E-state index is 13.1. The first-order valence-electron chi connectivity index (χ1n) is 12.7. The predicted octanol–water partition coefficient (Wildman–Crippen LogP) is -0.925. The summed E-state index contributed by atoms with van der Waals surface area (Å²) < 4.78 is 18.0. The zero-order valence-electron chi connectivity index (χ0n) is 20.1. The molecule has 6 rings (SSSR count). The maximum absolute atomic E-state index is 13.1. The molecule has 13 atom stereocenters. The number of aliphatic carboxylic acids is 1. The van der Waals surface area contributed by atoms with Crippen LogP contribution in [0.5, 0.6) is 0 Å². The van der Waals surface area contributed by atoms with Crippen LogP contribution in [-0.4, -0.2) is 97.2 Å². The number of carboxylic acid groups (broad SMARTS) is 1. The van der Waals surface area contributed by atoms with Gasteiger partial charge in [-0.25, -0.2) is 0 Å². The number of aliphatic hydroxyl groups excluding tert-OH is 5. The number of carbonyl (C=O) groups excluding carboxylic acids is 1. The zero-order chi connectivity index (χ0) is 26.0. The average Bonchev–Trinajstić information content (AvgIpc) is 3.27. The van der Waals surface area contributed by atoms with Crippen molar-refractivity contribution >= 4 is 11.9 Å². The predicted molar refractivity (Wildman–Crippen MR) is 118 cm³/mol. The number of hydrogen-bond acceptors (Lipinski definition) is 10. The number of rotatable bonds is 4. The number of carboxylic acids is 1. The van der Waals surface area contributed by atoms with Gasteiger partial charge >= 0.3 is 11.9 Å². The number of hydrogen-bond donors (Lipinski definition) is 6. The molecule has 0 radical (unpaired) electrons. The van der Waals surface area contributed by atoms with Crippen LogP contribution in [0.15, 0.2) is 12.2 Å². The van der Waals surface area contributed by atoms with Crippen molar-refractivity contribution in [2.75, 3.05) is 6.61 Å². The van der Waals surface area contributed by atoms with Gasteiger partial charge < -0.3 is 44.8 Å². The smallest absolute Gasteiger partial charge is 0.315 e. The van der Waals surface area contributed by atoms with E-state index in [1.54, 1.807) is 6.92 Å². The van der Waals surface area contributed by atoms with Gasteiger partial charge in [0.2, 0.25) is 0 Å². The summed E-state index contributed by atoms with van der Waals surface area (Å²) in [5.74, 6) is -3.53. The highest BCUT2D eigenvalue weighted by Crippen LogP contribution is 2.78. The lowest BCUT2D eigenvalue weighted by molar-refractivity contribution is -0.326. The van der Waals surface area contributed by atoms with E-state index in [4.69, 9.17) is 14.2 Å². The molecule has 0 aromatic carbocycles. The second-order valence-corrected chi connectivity index (χ2v) is 12.1. The quantitative estimate of drug-likeness (QED) is 0.203. The Morgan fingerprint density at radius 1 is 1.14 bits per heavy atom. The van der Waals surface area contributed by atoms with E-state index in [2.05, 4.69) is 6.58 Å². The molecule has 0 aromatic rings. The van der Waals surface area contributed by atoms with Crippen molar-refractivity contribution in [1.29, 1.82) is 0 Å². The molecule has 0 aromatic heterocycles. The third-order valence-corrected chi connectivity index (χ3v) is 10.7. The van der Waals surface area contributed by atoms with Gasteiger partial charge in [0.05, 0.1) is 29.6 Å². The van der Waals surface area contributed by atoms with Crippen molar-refractivity contribution in [3.05, 3.63) is 12.2 Å². The minimum atomic E-state index is -1.60. The standard InChI is InChI=1S/C25H34O11/c1-10-7-23-9-24(10,35-20-17(30)16(29)15(28)11(8-26)34-20)5-3-12(23)25-6-4-13(27)22(2,21(33)36-25)18(25)14(23)19(31)32/h11-18,20,26-30H,1,3-9H2,2H3,(H,31,32). The van der Waals surface area contributed by atoms with E-state index in [9.17, 15) is 40.2 Å². The van der Waals surface area contributed by atoms with Crippen molar-refractivity contribution in [2.45, 2.75) is 93.5 Å². The van der Waals surface area contributed by atoms with E-state index in [1.807, 2.05) is 0 Å². The monoisotopic (exact) mass is 510 g/mol. The fourth-order valence-electron chi connectivity index (χ4n) is 9.20. The summed E-state index contributed by atoms with van der Waals surface area (Å²) in [6.07, 6.45) is -6.03. The first-order chi connectivity index (χ1) is 16.9. The normalized spacial score (nSPS) is 57.3. The molecule has 6 aliphatic rings. The maximum Gasteiger partial charge on any atom is 0.315 e. The molecule has 200 valence electrons. The first kappa shape index (κ1) is 24.7. The van der Waals surface area contributed by atoms with Gasteiger partial charge in [-0.2, -0.15) is 0 Å². The Hall–Kier alpha value is -1.60. The van der Waals surface area contributed by atoms with Crippen LogP contribution in [-0.2, 0) is 23.8 Å². The van der Waals surface area contributed by atoms with E-state index < -0.39 is 89.2 Å². The van der Waals surface area contributed by atoms with Gasteiger partial charge in [-0.05, 0) is 56.4 Å². The molecule has 13 unspecified atom stereocenters. The van der Waals surface area contributed by atoms with Gasteiger partial charge in [0.1, 0.15) is 30.0 Å². The summed E-state index contributed by atoms with van der Waals surface area (Å²) in [5, 5.41) is 61.9. The van der Waals surface area contributed by atoms with Gasteiger partial charge in [0.25, 0.3) is 0 Å². The lowest BCUT2D eigenvalue weighted by atomic mass is 9.59. The summed E-state index contributed by atoms with van der Waals surface area (Å²) in [5.41, 5.74) is -3.57. The lowest BCUT2D eigenvalue weighted by Gasteiger charge is -2.49. The van der Waals surface area contributed by atoms with Gasteiger partial charge in [0.15, 0.2) is 6.29 Å². The molecule has 11 heteroatoms. The number of carbonyl (C=O) groups is 2. The molecule has 11 nitrogen and oxygen atoms in total. The van der Waals surface area contributed by atoms with Crippen molar-refractivity contribution < 1.29 is 54.4 Å². The second-order valence-electron chi connectivity index (χ2n) is 12.1. The number of ether oxygens (including phenoxy) is 3. The fourth-order valence-corrected chi connectivity index (χ4v) is 9.20. The molecule has 1 spiro atoms. The first-order valence-corrected chi connectivity index (χ1v) is 12.7. The number of fused-ring (bicyclic) bond motifs is 1. The van der Waals surface area contributed by atoms with Crippen LogP contribution in [0.3, 0.4) is 0 Å². The van der Waals surface area contributed by atoms with Gasteiger partial charge in [-0.3, -0.25) is 9.59 Å². The molecular weight excluding hydrogens is 476 g/mol. The average molecular weight is 511 g/mol. The van der Waals surface area contributed by atoms with Crippen molar-refractivity contribution in [3.8, 4) is 0 Å². The number of aliphatic hydroxyl groups is 5. The van der Waals surface area contributed by atoms with E-state index in [0.717, 1.165) is 0 Å². The molecule has 6 fully saturated rings. The van der Waals surface area contributed by atoms with Crippen molar-refractivity contribution in [3.63, 3.8) is 0 Å². The van der Waals surface area contributed by atoms with Gasteiger partial charge in [0, 0.05) is 11.8 Å². The minimum Gasteiger partial charge on any atom is -0.481 e. The molecule has 0 amide bonds.